The lowest BCUT2D eigenvalue weighted by Crippen LogP contribution is -2.29. The number of ether oxygens (including phenoxy) is 1. The average molecular weight is 375 g/mol. The number of fused-ring (bicyclic) bond motifs is 1. The smallest absolute Gasteiger partial charge is 0.308 e. The summed E-state index contributed by atoms with van der Waals surface area (Å²) in [6.45, 7) is 5.38. The summed E-state index contributed by atoms with van der Waals surface area (Å²) in [6.07, 6.45) is 1.20. The molecule has 0 aliphatic heterocycles. The first kappa shape index (κ1) is 19.6. The molecule has 0 saturated carbocycles. The Bertz CT molecular complexity index is 992. The highest BCUT2D eigenvalue weighted by atomic mass is 16.5. The minimum Gasteiger partial charge on any atom is -0.426 e. The fourth-order valence-corrected chi connectivity index (χ4v) is 3.36. The standard InChI is InChI=1S/C24H25NO3/c1-4-7-22(27)25-24(19-12-10-16(2)11-13-19)23-20-9-6-5-8-18(20)14-15-21(23)28-17(3)26/h5-6,8-15,24H,4,7H2,1-3H3,(H,25,27)/t24-/m1/s1. The highest BCUT2D eigenvalue weighted by Gasteiger charge is 2.23. The second kappa shape index (κ2) is 8.70. The Kier molecular flexibility index (Phi) is 6.09. The van der Waals surface area contributed by atoms with Gasteiger partial charge in [0.15, 0.2) is 0 Å². The molecule has 144 valence electrons. The lowest BCUT2D eigenvalue weighted by molar-refractivity contribution is -0.131. The predicted octanol–water partition coefficient (Wildman–Crippen LogP) is 5.08. The van der Waals surface area contributed by atoms with E-state index in [0.717, 1.165) is 33.9 Å². The van der Waals surface area contributed by atoms with E-state index in [0.29, 0.717) is 12.2 Å². The summed E-state index contributed by atoms with van der Waals surface area (Å²) in [5.41, 5.74) is 2.88. The molecule has 0 heterocycles. The van der Waals surface area contributed by atoms with Gasteiger partial charge in [0, 0.05) is 18.9 Å². The van der Waals surface area contributed by atoms with Crippen molar-refractivity contribution in [3.05, 3.63) is 77.4 Å². The minimum absolute atomic E-state index is 0.0326. The molecule has 0 radical (unpaired) electrons. The zero-order valence-corrected chi connectivity index (χ0v) is 16.5. The lowest BCUT2D eigenvalue weighted by Gasteiger charge is -2.24. The molecule has 3 aromatic carbocycles. The molecule has 0 spiro atoms. The van der Waals surface area contributed by atoms with Crippen LogP contribution in [-0.2, 0) is 9.59 Å². The summed E-state index contributed by atoms with van der Waals surface area (Å²) in [7, 11) is 0. The quantitative estimate of drug-likeness (QED) is 0.483. The van der Waals surface area contributed by atoms with Crippen LogP contribution in [-0.4, -0.2) is 11.9 Å². The molecule has 0 aliphatic carbocycles. The number of carbonyl (C=O) groups excluding carboxylic acids is 2. The Hall–Kier alpha value is -3.14. The van der Waals surface area contributed by atoms with Gasteiger partial charge in [0.05, 0.1) is 6.04 Å². The van der Waals surface area contributed by atoms with Crippen LogP contribution in [0, 0.1) is 6.92 Å². The van der Waals surface area contributed by atoms with Crippen LogP contribution in [0.25, 0.3) is 10.8 Å². The van der Waals surface area contributed by atoms with Crippen LogP contribution in [0.2, 0.25) is 0 Å². The van der Waals surface area contributed by atoms with E-state index in [-0.39, 0.29) is 11.9 Å². The summed E-state index contributed by atoms with van der Waals surface area (Å²) in [5.74, 6) is 0.0439. The molecular weight excluding hydrogens is 350 g/mol. The molecule has 4 heteroatoms. The van der Waals surface area contributed by atoms with Gasteiger partial charge in [0.1, 0.15) is 5.75 Å². The Balaban J connectivity index is 2.22. The topological polar surface area (TPSA) is 55.4 Å². The molecule has 1 amide bonds. The van der Waals surface area contributed by atoms with E-state index >= 15 is 0 Å². The fourth-order valence-electron chi connectivity index (χ4n) is 3.36. The number of aryl methyl sites for hydroxylation is 1. The van der Waals surface area contributed by atoms with E-state index in [1.807, 2.05) is 68.4 Å². The summed E-state index contributed by atoms with van der Waals surface area (Å²) >= 11 is 0. The van der Waals surface area contributed by atoms with Crippen LogP contribution in [0.4, 0.5) is 0 Å². The largest absolute Gasteiger partial charge is 0.426 e. The zero-order valence-electron chi connectivity index (χ0n) is 16.5. The molecule has 3 aromatic rings. The van der Waals surface area contributed by atoms with Crippen molar-refractivity contribution in [2.75, 3.05) is 0 Å². The zero-order chi connectivity index (χ0) is 20.1. The van der Waals surface area contributed by atoms with Crippen LogP contribution < -0.4 is 10.1 Å². The third-order valence-corrected chi connectivity index (χ3v) is 4.67. The van der Waals surface area contributed by atoms with Gasteiger partial charge in [-0.15, -0.1) is 0 Å². The number of carbonyl (C=O) groups is 2. The van der Waals surface area contributed by atoms with Crippen LogP contribution in [0.5, 0.6) is 5.75 Å². The van der Waals surface area contributed by atoms with Crippen molar-refractivity contribution >= 4 is 22.6 Å². The molecule has 28 heavy (non-hydrogen) atoms. The van der Waals surface area contributed by atoms with Crippen molar-refractivity contribution in [3.8, 4) is 5.75 Å². The normalized spacial score (nSPS) is 11.8. The Morgan fingerprint density at radius 3 is 2.39 bits per heavy atom. The molecule has 0 bridgehead atoms. The summed E-state index contributed by atoms with van der Waals surface area (Å²) in [6, 6.07) is 19.3. The van der Waals surface area contributed by atoms with Gasteiger partial charge in [0.25, 0.3) is 0 Å². The maximum atomic E-state index is 12.5. The van der Waals surface area contributed by atoms with Crippen LogP contribution in [0.1, 0.15) is 49.4 Å². The third-order valence-electron chi connectivity index (χ3n) is 4.67. The van der Waals surface area contributed by atoms with Gasteiger partial charge in [-0.25, -0.2) is 0 Å². The average Bonchev–Trinajstić information content (AvgIpc) is 2.67. The molecule has 0 fully saturated rings. The maximum absolute atomic E-state index is 12.5. The summed E-state index contributed by atoms with van der Waals surface area (Å²) in [5, 5.41) is 5.12. The van der Waals surface area contributed by atoms with Crippen LogP contribution >= 0.6 is 0 Å². The van der Waals surface area contributed by atoms with Crippen molar-refractivity contribution in [2.45, 2.75) is 39.7 Å². The maximum Gasteiger partial charge on any atom is 0.308 e. The SMILES string of the molecule is CCCC(=O)N[C@H](c1ccc(C)cc1)c1c(OC(C)=O)ccc2ccccc12. The van der Waals surface area contributed by atoms with E-state index in [4.69, 9.17) is 4.74 Å². The van der Waals surface area contributed by atoms with Crippen molar-refractivity contribution in [1.82, 2.24) is 5.32 Å². The summed E-state index contributed by atoms with van der Waals surface area (Å²) < 4.78 is 5.53. The molecule has 0 saturated heterocycles. The van der Waals surface area contributed by atoms with Gasteiger partial charge >= 0.3 is 5.97 Å². The molecule has 0 unspecified atom stereocenters. The van der Waals surface area contributed by atoms with Crippen molar-refractivity contribution < 1.29 is 14.3 Å². The van der Waals surface area contributed by atoms with Crippen molar-refractivity contribution in [3.63, 3.8) is 0 Å². The molecule has 1 atom stereocenters. The first-order valence-corrected chi connectivity index (χ1v) is 9.55. The molecule has 3 rings (SSSR count). The number of benzene rings is 3. The summed E-state index contributed by atoms with van der Waals surface area (Å²) in [4.78, 5) is 24.2. The fraction of sp³-hybridized carbons (Fsp3) is 0.250. The Labute approximate surface area is 165 Å². The number of hydrogen-bond donors (Lipinski definition) is 1. The second-order valence-corrected chi connectivity index (χ2v) is 6.95. The Morgan fingerprint density at radius 2 is 1.71 bits per heavy atom. The third kappa shape index (κ3) is 4.39. The Morgan fingerprint density at radius 1 is 1.00 bits per heavy atom. The highest BCUT2D eigenvalue weighted by molar-refractivity contribution is 5.90. The first-order valence-electron chi connectivity index (χ1n) is 9.55. The van der Waals surface area contributed by atoms with Gasteiger partial charge in [0.2, 0.25) is 5.91 Å². The van der Waals surface area contributed by atoms with E-state index in [2.05, 4.69) is 5.32 Å². The van der Waals surface area contributed by atoms with Gasteiger partial charge < -0.3 is 10.1 Å². The number of rotatable bonds is 6. The highest BCUT2D eigenvalue weighted by Crippen LogP contribution is 2.37. The monoisotopic (exact) mass is 375 g/mol. The minimum atomic E-state index is -0.417. The number of hydrogen-bond acceptors (Lipinski definition) is 3. The van der Waals surface area contributed by atoms with E-state index < -0.39 is 6.04 Å². The number of nitrogens with one attached hydrogen (secondary N) is 1. The van der Waals surface area contributed by atoms with Gasteiger partial charge in [-0.05, 0) is 35.7 Å². The van der Waals surface area contributed by atoms with Crippen molar-refractivity contribution in [2.24, 2.45) is 0 Å². The van der Waals surface area contributed by atoms with E-state index in [1.54, 1.807) is 6.07 Å². The molecule has 4 nitrogen and oxygen atoms in total. The van der Waals surface area contributed by atoms with Gasteiger partial charge in [-0.2, -0.15) is 0 Å². The number of esters is 1. The first-order chi connectivity index (χ1) is 13.5. The van der Waals surface area contributed by atoms with Crippen LogP contribution in [0.3, 0.4) is 0 Å². The molecule has 0 aliphatic rings. The van der Waals surface area contributed by atoms with Crippen LogP contribution in [0.15, 0.2) is 60.7 Å². The molecular formula is C24H25NO3. The lowest BCUT2D eigenvalue weighted by atomic mass is 9.92. The predicted molar refractivity (Wildman–Crippen MR) is 111 cm³/mol. The van der Waals surface area contributed by atoms with Gasteiger partial charge in [-0.1, -0.05) is 67.1 Å². The number of amides is 1. The second-order valence-electron chi connectivity index (χ2n) is 6.95. The van der Waals surface area contributed by atoms with Crippen molar-refractivity contribution in [1.29, 1.82) is 0 Å². The molecule has 1 N–H and O–H groups in total. The van der Waals surface area contributed by atoms with Gasteiger partial charge in [-0.3, -0.25) is 9.59 Å². The van der Waals surface area contributed by atoms with E-state index in [9.17, 15) is 9.59 Å². The molecule has 0 aromatic heterocycles. The van der Waals surface area contributed by atoms with E-state index in [1.165, 1.54) is 6.92 Å².